The Morgan fingerprint density at radius 2 is 2.41 bits per heavy atom. The molecule has 0 aliphatic heterocycles. The SMILES string of the molecule is C=C(CNC(C)Cc1ccco1)C(=O)OCC. The van der Waals surface area contributed by atoms with Crippen molar-refractivity contribution in [3.05, 3.63) is 36.3 Å². The van der Waals surface area contributed by atoms with Gasteiger partial charge in [-0.1, -0.05) is 6.58 Å². The maximum Gasteiger partial charge on any atom is 0.334 e. The first-order valence-corrected chi connectivity index (χ1v) is 5.74. The van der Waals surface area contributed by atoms with Gasteiger partial charge in [0, 0.05) is 24.6 Å². The highest BCUT2D eigenvalue weighted by molar-refractivity contribution is 5.88. The summed E-state index contributed by atoms with van der Waals surface area (Å²) >= 11 is 0. The molecule has 0 saturated heterocycles. The fourth-order valence-corrected chi connectivity index (χ4v) is 1.41. The zero-order valence-corrected chi connectivity index (χ0v) is 10.4. The van der Waals surface area contributed by atoms with E-state index in [0.29, 0.717) is 18.7 Å². The molecular weight excluding hydrogens is 218 g/mol. The molecule has 17 heavy (non-hydrogen) atoms. The fourth-order valence-electron chi connectivity index (χ4n) is 1.41. The molecule has 0 aromatic carbocycles. The van der Waals surface area contributed by atoms with Gasteiger partial charge in [-0.25, -0.2) is 4.79 Å². The standard InChI is InChI=1S/C13H19NO3/c1-4-16-13(15)10(2)9-14-11(3)8-12-6-5-7-17-12/h5-7,11,14H,2,4,8-9H2,1,3H3. The number of ether oxygens (including phenoxy) is 1. The summed E-state index contributed by atoms with van der Waals surface area (Å²) in [4.78, 5) is 11.3. The van der Waals surface area contributed by atoms with Crippen molar-refractivity contribution in [2.75, 3.05) is 13.2 Å². The third kappa shape index (κ3) is 4.87. The van der Waals surface area contributed by atoms with Crippen molar-refractivity contribution < 1.29 is 13.9 Å². The maximum absolute atomic E-state index is 11.3. The highest BCUT2D eigenvalue weighted by atomic mass is 16.5. The topological polar surface area (TPSA) is 51.5 Å². The Morgan fingerprint density at radius 1 is 1.65 bits per heavy atom. The summed E-state index contributed by atoms with van der Waals surface area (Å²) in [5.41, 5.74) is 0.443. The van der Waals surface area contributed by atoms with Gasteiger partial charge in [0.05, 0.1) is 12.9 Å². The average Bonchev–Trinajstić information content (AvgIpc) is 2.79. The van der Waals surface area contributed by atoms with Gasteiger partial charge in [-0.05, 0) is 26.0 Å². The summed E-state index contributed by atoms with van der Waals surface area (Å²) in [7, 11) is 0. The molecule has 94 valence electrons. The Labute approximate surface area is 102 Å². The van der Waals surface area contributed by atoms with E-state index in [1.54, 1.807) is 13.2 Å². The van der Waals surface area contributed by atoms with Crippen LogP contribution in [-0.4, -0.2) is 25.2 Å². The Hall–Kier alpha value is -1.55. The predicted molar refractivity (Wildman–Crippen MR) is 65.6 cm³/mol. The van der Waals surface area contributed by atoms with E-state index in [9.17, 15) is 4.79 Å². The highest BCUT2D eigenvalue weighted by Gasteiger charge is 2.10. The second-order valence-electron chi connectivity index (χ2n) is 3.89. The largest absolute Gasteiger partial charge is 0.469 e. The number of carbonyl (C=O) groups excluding carboxylic acids is 1. The van der Waals surface area contributed by atoms with Gasteiger partial charge >= 0.3 is 5.97 Å². The Bertz CT molecular complexity index is 357. The number of rotatable bonds is 7. The van der Waals surface area contributed by atoms with Crippen molar-refractivity contribution >= 4 is 5.97 Å². The van der Waals surface area contributed by atoms with E-state index in [2.05, 4.69) is 11.9 Å². The number of esters is 1. The van der Waals surface area contributed by atoms with Gasteiger partial charge in [-0.3, -0.25) is 0 Å². The molecule has 0 amide bonds. The van der Waals surface area contributed by atoms with Gasteiger partial charge in [-0.2, -0.15) is 0 Å². The monoisotopic (exact) mass is 237 g/mol. The lowest BCUT2D eigenvalue weighted by Crippen LogP contribution is -2.31. The molecule has 0 fully saturated rings. The Kier molecular flexibility index (Phi) is 5.49. The molecule has 0 saturated carbocycles. The molecule has 1 heterocycles. The smallest absolute Gasteiger partial charge is 0.334 e. The van der Waals surface area contributed by atoms with Gasteiger partial charge in [0.2, 0.25) is 0 Å². The summed E-state index contributed by atoms with van der Waals surface area (Å²) in [6.07, 6.45) is 2.43. The van der Waals surface area contributed by atoms with E-state index in [-0.39, 0.29) is 12.0 Å². The average molecular weight is 237 g/mol. The number of hydrogen-bond donors (Lipinski definition) is 1. The lowest BCUT2D eigenvalue weighted by molar-refractivity contribution is -0.138. The summed E-state index contributed by atoms with van der Waals surface area (Å²) in [6.45, 7) is 8.29. The van der Waals surface area contributed by atoms with Gasteiger partial charge in [0.15, 0.2) is 0 Å². The summed E-state index contributed by atoms with van der Waals surface area (Å²) in [6, 6.07) is 4.00. The van der Waals surface area contributed by atoms with Crippen molar-refractivity contribution in [2.45, 2.75) is 26.3 Å². The van der Waals surface area contributed by atoms with E-state index >= 15 is 0 Å². The maximum atomic E-state index is 11.3. The third-order valence-corrected chi connectivity index (χ3v) is 2.32. The van der Waals surface area contributed by atoms with Crippen molar-refractivity contribution in [1.82, 2.24) is 5.32 Å². The first-order chi connectivity index (χ1) is 8.13. The minimum atomic E-state index is -0.342. The van der Waals surface area contributed by atoms with Crippen LogP contribution < -0.4 is 5.32 Å². The Balaban J connectivity index is 2.26. The van der Waals surface area contributed by atoms with Crippen LogP contribution in [0.25, 0.3) is 0 Å². The molecule has 4 nitrogen and oxygen atoms in total. The minimum absolute atomic E-state index is 0.215. The van der Waals surface area contributed by atoms with Gasteiger partial charge in [0.25, 0.3) is 0 Å². The molecule has 1 N–H and O–H groups in total. The van der Waals surface area contributed by atoms with Crippen LogP contribution in [0.15, 0.2) is 35.0 Å². The van der Waals surface area contributed by atoms with E-state index in [1.807, 2.05) is 19.1 Å². The van der Waals surface area contributed by atoms with Crippen molar-refractivity contribution in [3.8, 4) is 0 Å². The summed E-state index contributed by atoms with van der Waals surface area (Å²) in [5.74, 6) is 0.581. The van der Waals surface area contributed by atoms with Crippen LogP contribution in [0.5, 0.6) is 0 Å². The number of furan rings is 1. The number of carbonyl (C=O) groups is 1. The normalized spacial score (nSPS) is 12.1. The van der Waals surface area contributed by atoms with E-state index in [4.69, 9.17) is 9.15 Å². The van der Waals surface area contributed by atoms with Crippen LogP contribution >= 0.6 is 0 Å². The quantitative estimate of drug-likeness (QED) is 0.581. The molecular formula is C13H19NO3. The molecule has 4 heteroatoms. The van der Waals surface area contributed by atoms with E-state index < -0.39 is 0 Å². The molecule has 0 aliphatic rings. The molecule has 1 aromatic rings. The molecule has 1 atom stereocenters. The number of nitrogens with one attached hydrogen (secondary N) is 1. The molecule has 0 aliphatic carbocycles. The van der Waals surface area contributed by atoms with Crippen molar-refractivity contribution in [2.24, 2.45) is 0 Å². The van der Waals surface area contributed by atoms with Crippen LogP contribution in [0.3, 0.4) is 0 Å². The molecule has 1 unspecified atom stereocenters. The van der Waals surface area contributed by atoms with Crippen LogP contribution in [0.1, 0.15) is 19.6 Å². The van der Waals surface area contributed by atoms with Crippen molar-refractivity contribution in [1.29, 1.82) is 0 Å². The van der Waals surface area contributed by atoms with Crippen LogP contribution in [0.2, 0.25) is 0 Å². The van der Waals surface area contributed by atoms with E-state index in [1.165, 1.54) is 0 Å². The van der Waals surface area contributed by atoms with Gasteiger partial charge in [-0.15, -0.1) is 0 Å². The lowest BCUT2D eigenvalue weighted by Gasteiger charge is -2.13. The first kappa shape index (κ1) is 13.5. The summed E-state index contributed by atoms with van der Waals surface area (Å²) in [5, 5.41) is 3.20. The van der Waals surface area contributed by atoms with E-state index in [0.717, 1.165) is 12.2 Å². The minimum Gasteiger partial charge on any atom is -0.469 e. The van der Waals surface area contributed by atoms with Crippen LogP contribution in [-0.2, 0) is 16.0 Å². The lowest BCUT2D eigenvalue weighted by atomic mass is 10.2. The van der Waals surface area contributed by atoms with Crippen LogP contribution in [0, 0.1) is 0 Å². The summed E-state index contributed by atoms with van der Waals surface area (Å²) < 4.78 is 10.1. The molecule has 1 rings (SSSR count). The fraction of sp³-hybridized carbons (Fsp3) is 0.462. The molecule has 0 bridgehead atoms. The molecule has 0 spiro atoms. The number of hydrogen-bond acceptors (Lipinski definition) is 4. The zero-order chi connectivity index (χ0) is 12.7. The second-order valence-corrected chi connectivity index (χ2v) is 3.89. The highest BCUT2D eigenvalue weighted by Crippen LogP contribution is 2.04. The van der Waals surface area contributed by atoms with Crippen molar-refractivity contribution in [3.63, 3.8) is 0 Å². The van der Waals surface area contributed by atoms with Crippen LogP contribution in [0.4, 0.5) is 0 Å². The van der Waals surface area contributed by atoms with Gasteiger partial charge in [0.1, 0.15) is 5.76 Å². The second kappa shape index (κ2) is 6.91. The third-order valence-electron chi connectivity index (χ3n) is 2.32. The zero-order valence-electron chi connectivity index (χ0n) is 10.4. The first-order valence-electron chi connectivity index (χ1n) is 5.74. The predicted octanol–water partition coefficient (Wildman–Crippen LogP) is 1.92. The molecule has 1 aromatic heterocycles. The van der Waals surface area contributed by atoms with Gasteiger partial charge < -0.3 is 14.5 Å². The molecule has 0 radical (unpaired) electrons. The Morgan fingerprint density at radius 3 is 3.00 bits per heavy atom.